The highest BCUT2D eigenvalue weighted by Gasteiger charge is 2.12. The SMILES string of the molecule is CCCCCCCCCC(=O)N(CC)CC(N)=NO. The summed E-state index contributed by atoms with van der Waals surface area (Å²) in [6.07, 6.45) is 8.94. The molecule has 0 unspecified atom stereocenters. The van der Waals surface area contributed by atoms with E-state index in [0.717, 1.165) is 12.8 Å². The van der Waals surface area contributed by atoms with Crippen LogP contribution in [0.5, 0.6) is 0 Å². The Morgan fingerprint density at radius 3 is 2.21 bits per heavy atom. The lowest BCUT2D eigenvalue weighted by atomic mass is 10.1. The zero-order valence-corrected chi connectivity index (χ0v) is 12.4. The van der Waals surface area contributed by atoms with Crippen molar-refractivity contribution in [1.82, 2.24) is 4.90 Å². The molecule has 0 aliphatic carbocycles. The summed E-state index contributed by atoms with van der Waals surface area (Å²) in [4.78, 5) is 13.5. The van der Waals surface area contributed by atoms with Crippen molar-refractivity contribution in [3.05, 3.63) is 0 Å². The zero-order chi connectivity index (χ0) is 14.5. The number of nitrogens with zero attached hydrogens (tertiary/aromatic N) is 2. The lowest BCUT2D eigenvalue weighted by Crippen LogP contribution is -2.38. The largest absolute Gasteiger partial charge is 0.409 e. The van der Waals surface area contributed by atoms with Gasteiger partial charge < -0.3 is 15.8 Å². The van der Waals surface area contributed by atoms with Gasteiger partial charge in [-0.2, -0.15) is 0 Å². The summed E-state index contributed by atoms with van der Waals surface area (Å²) in [6, 6.07) is 0. The van der Waals surface area contributed by atoms with Crippen molar-refractivity contribution in [2.45, 2.75) is 65.2 Å². The van der Waals surface area contributed by atoms with E-state index in [0.29, 0.717) is 13.0 Å². The molecular weight excluding hydrogens is 242 g/mol. The van der Waals surface area contributed by atoms with Crippen LogP contribution in [-0.2, 0) is 4.79 Å². The normalized spacial score (nSPS) is 11.6. The molecule has 0 radical (unpaired) electrons. The topological polar surface area (TPSA) is 78.9 Å². The van der Waals surface area contributed by atoms with Crippen LogP contribution >= 0.6 is 0 Å². The number of carbonyl (C=O) groups is 1. The summed E-state index contributed by atoms with van der Waals surface area (Å²) in [6.45, 7) is 4.90. The van der Waals surface area contributed by atoms with Gasteiger partial charge in [0.2, 0.25) is 5.91 Å². The van der Waals surface area contributed by atoms with Crippen molar-refractivity contribution in [1.29, 1.82) is 0 Å². The van der Waals surface area contributed by atoms with Gasteiger partial charge in [-0.1, -0.05) is 50.6 Å². The molecule has 0 fully saturated rings. The van der Waals surface area contributed by atoms with Gasteiger partial charge in [0, 0.05) is 13.0 Å². The molecule has 5 nitrogen and oxygen atoms in total. The van der Waals surface area contributed by atoms with Crippen molar-refractivity contribution in [3.63, 3.8) is 0 Å². The first-order valence-electron chi connectivity index (χ1n) is 7.39. The number of amidine groups is 1. The minimum atomic E-state index is 0.0785. The van der Waals surface area contributed by atoms with Crippen LogP contribution in [0.4, 0.5) is 0 Å². The zero-order valence-electron chi connectivity index (χ0n) is 12.4. The minimum Gasteiger partial charge on any atom is -0.409 e. The van der Waals surface area contributed by atoms with Crippen LogP contribution < -0.4 is 5.73 Å². The third-order valence-corrected chi connectivity index (χ3v) is 3.21. The Hall–Kier alpha value is -1.26. The van der Waals surface area contributed by atoms with Crippen molar-refractivity contribution in [3.8, 4) is 0 Å². The van der Waals surface area contributed by atoms with E-state index in [1.165, 1.54) is 32.1 Å². The Morgan fingerprint density at radius 1 is 1.11 bits per heavy atom. The Kier molecular flexibility index (Phi) is 11.0. The second-order valence-corrected chi connectivity index (χ2v) is 4.87. The van der Waals surface area contributed by atoms with Crippen LogP contribution in [0.2, 0.25) is 0 Å². The third-order valence-electron chi connectivity index (χ3n) is 3.21. The molecule has 0 saturated carbocycles. The number of oxime groups is 1. The maximum atomic E-state index is 11.9. The monoisotopic (exact) mass is 271 g/mol. The number of amides is 1. The van der Waals surface area contributed by atoms with Gasteiger partial charge in [0.15, 0.2) is 5.84 Å². The maximum absolute atomic E-state index is 11.9. The fourth-order valence-corrected chi connectivity index (χ4v) is 1.99. The van der Waals surface area contributed by atoms with Gasteiger partial charge >= 0.3 is 0 Å². The molecule has 0 saturated heterocycles. The average molecular weight is 271 g/mol. The van der Waals surface area contributed by atoms with E-state index in [4.69, 9.17) is 10.9 Å². The number of carbonyl (C=O) groups excluding carboxylic acids is 1. The first-order chi connectivity index (χ1) is 9.15. The van der Waals surface area contributed by atoms with E-state index in [1.54, 1.807) is 4.90 Å². The molecule has 1 amide bonds. The van der Waals surface area contributed by atoms with Crippen LogP contribution in [-0.4, -0.2) is 34.9 Å². The standard InChI is InChI=1S/C14H29N3O2/c1-3-5-6-7-8-9-10-11-14(18)17(4-2)12-13(15)16-19/h19H,3-12H2,1-2H3,(H2,15,16). The smallest absolute Gasteiger partial charge is 0.222 e. The summed E-state index contributed by atoms with van der Waals surface area (Å²) in [5, 5.41) is 11.4. The molecule has 0 spiro atoms. The van der Waals surface area contributed by atoms with E-state index >= 15 is 0 Å². The molecule has 0 aliphatic heterocycles. The van der Waals surface area contributed by atoms with Gasteiger partial charge in [0.25, 0.3) is 0 Å². The summed E-state index contributed by atoms with van der Waals surface area (Å²) in [5.74, 6) is 0.164. The van der Waals surface area contributed by atoms with Gasteiger partial charge in [0.1, 0.15) is 0 Å². The average Bonchev–Trinajstić information content (AvgIpc) is 2.43. The predicted molar refractivity (Wildman–Crippen MR) is 78.3 cm³/mol. The summed E-state index contributed by atoms with van der Waals surface area (Å²) >= 11 is 0. The second kappa shape index (κ2) is 11.8. The molecule has 0 atom stereocenters. The number of unbranched alkanes of at least 4 members (excludes halogenated alkanes) is 6. The number of rotatable bonds is 11. The van der Waals surface area contributed by atoms with Crippen molar-refractivity contribution in [2.75, 3.05) is 13.1 Å². The van der Waals surface area contributed by atoms with E-state index in [1.807, 2.05) is 6.92 Å². The number of nitrogens with two attached hydrogens (primary N) is 1. The van der Waals surface area contributed by atoms with E-state index in [2.05, 4.69) is 12.1 Å². The molecule has 5 heteroatoms. The molecular formula is C14H29N3O2. The molecule has 0 aromatic rings. The van der Waals surface area contributed by atoms with Crippen LogP contribution in [0, 0.1) is 0 Å². The minimum absolute atomic E-state index is 0.0785. The highest BCUT2D eigenvalue weighted by Crippen LogP contribution is 2.09. The lowest BCUT2D eigenvalue weighted by molar-refractivity contribution is -0.130. The van der Waals surface area contributed by atoms with Gasteiger partial charge in [0.05, 0.1) is 6.54 Å². The van der Waals surface area contributed by atoms with Gasteiger partial charge in [-0.15, -0.1) is 0 Å². The van der Waals surface area contributed by atoms with Gasteiger partial charge in [-0.05, 0) is 13.3 Å². The summed E-state index contributed by atoms with van der Waals surface area (Å²) in [5.41, 5.74) is 5.42. The highest BCUT2D eigenvalue weighted by molar-refractivity contribution is 5.86. The number of hydrogen-bond acceptors (Lipinski definition) is 3. The van der Waals surface area contributed by atoms with Crippen molar-refractivity contribution in [2.24, 2.45) is 10.9 Å². The molecule has 0 bridgehead atoms. The predicted octanol–water partition coefficient (Wildman–Crippen LogP) is 2.72. The van der Waals surface area contributed by atoms with Gasteiger partial charge in [-0.3, -0.25) is 4.79 Å². The number of hydrogen-bond donors (Lipinski definition) is 2. The highest BCUT2D eigenvalue weighted by atomic mass is 16.4. The molecule has 112 valence electrons. The fraction of sp³-hybridized carbons (Fsp3) is 0.857. The van der Waals surface area contributed by atoms with E-state index < -0.39 is 0 Å². The quantitative estimate of drug-likeness (QED) is 0.199. The van der Waals surface area contributed by atoms with Crippen LogP contribution in [0.25, 0.3) is 0 Å². The molecule has 0 aliphatic rings. The molecule has 0 aromatic heterocycles. The Bertz CT molecular complexity index is 267. The molecule has 0 aromatic carbocycles. The van der Waals surface area contributed by atoms with Crippen molar-refractivity contribution >= 4 is 11.7 Å². The first-order valence-corrected chi connectivity index (χ1v) is 7.39. The Morgan fingerprint density at radius 2 is 1.68 bits per heavy atom. The second-order valence-electron chi connectivity index (χ2n) is 4.87. The summed E-state index contributed by atoms with van der Waals surface area (Å²) < 4.78 is 0. The Labute approximate surface area is 116 Å². The van der Waals surface area contributed by atoms with E-state index in [9.17, 15) is 4.79 Å². The first kappa shape index (κ1) is 17.7. The van der Waals surface area contributed by atoms with Crippen molar-refractivity contribution < 1.29 is 10.0 Å². The van der Waals surface area contributed by atoms with Crippen LogP contribution in [0.15, 0.2) is 5.16 Å². The third kappa shape index (κ3) is 9.33. The Balaban J connectivity index is 3.71. The molecule has 0 heterocycles. The van der Waals surface area contributed by atoms with E-state index in [-0.39, 0.29) is 18.3 Å². The van der Waals surface area contributed by atoms with Crippen LogP contribution in [0.3, 0.4) is 0 Å². The maximum Gasteiger partial charge on any atom is 0.222 e. The molecule has 19 heavy (non-hydrogen) atoms. The molecule has 3 N–H and O–H groups in total. The van der Waals surface area contributed by atoms with Gasteiger partial charge in [-0.25, -0.2) is 0 Å². The van der Waals surface area contributed by atoms with Crippen LogP contribution in [0.1, 0.15) is 65.2 Å². The summed E-state index contributed by atoms with van der Waals surface area (Å²) in [7, 11) is 0. The lowest BCUT2D eigenvalue weighted by Gasteiger charge is -2.19. The molecule has 0 rings (SSSR count). The number of likely N-dealkylation sites (N-methyl/N-ethyl adjacent to an activating group) is 1. The fourth-order valence-electron chi connectivity index (χ4n) is 1.99.